The maximum Gasteiger partial charge on any atom is 0.335 e. The Morgan fingerprint density at radius 2 is 1.27 bits per heavy atom. The van der Waals surface area contributed by atoms with Crippen molar-refractivity contribution in [2.75, 3.05) is 13.2 Å². The van der Waals surface area contributed by atoms with Gasteiger partial charge in [0, 0.05) is 11.8 Å². The molecular formula is C18H26O4. The van der Waals surface area contributed by atoms with Crippen molar-refractivity contribution in [1.29, 1.82) is 0 Å². The molecule has 3 aliphatic carbocycles. The Morgan fingerprint density at radius 3 is 1.55 bits per heavy atom. The normalized spacial score (nSPS) is 23.4. The summed E-state index contributed by atoms with van der Waals surface area (Å²) in [5.74, 6) is -0.180. The van der Waals surface area contributed by atoms with Crippen molar-refractivity contribution in [2.24, 2.45) is 23.7 Å². The lowest BCUT2D eigenvalue weighted by atomic mass is 9.71. The highest BCUT2D eigenvalue weighted by Crippen LogP contribution is 2.41. The molecule has 2 atom stereocenters. The zero-order chi connectivity index (χ0) is 16.3. The monoisotopic (exact) mass is 306 g/mol. The molecular weight excluding hydrogens is 280 g/mol. The van der Waals surface area contributed by atoms with Gasteiger partial charge in [0.15, 0.2) is 0 Å². The molecule has 0 fully saturated rings. The number of ether oxygens (including phenoxy) is 2. The summed E-state index contributed by atoms with van der Waals surface area (Å²) in [5, 5.41) is 0. The number of allylic oxidation sites excluding steroid dienone is 2. The highest BCUT2D eigenvalue weighted by atomic mass is 16.5. The summed E-state index contributed by atoms with van der Waals surface area (Å²) in [6.45, 7) is 8.72. The molecule has 4 heteroatoms. The van der Waals surface area contributed by atoms with Crippen LogP contribution in [0, 0.1) is 23.7 Å². The summed E-state index contributed by atoms with van der Waals surface area (Å²) in [4.78, 5) is 24.8. The van der Waals surface area contributed by atoms with E-state index < -0.39 is 0 Å². The third-order valence-electron chi connectivity index (χ3n) is 3.93. The molecule has 0 N–H and O–H groups in total. The lowest BCUT2D eigenvalue weighted by molar-refractivity contribution is -0.144. The van der Waals surface area contributed by atoms with Crippen LogP contribution in [0.2, 0.25) is 0 Å². The standard InChI is InChI=1S/C18H26O4/c1-11(2)9-21-17(19)15-13-5-7-14(8-6-13)16(15)18(20)22-10-12(3)4/h5,7,11-14H,6,8-10H2,1-4H3. The van der Waals surface area contributed by atoms with E-state index >= 15 is 0 Å². The van der Waals surface area contributed by atoms with E-state index in [1.807, 2.05) is 39.8 Å². The molecule has 0 aliphatic heterocycles. The molecule has 22 heavy (non-hydrogen) atoms. The molecule has 0 spiro atoms. The SMILES string of the molecule is CC(C)COC(=O)C1=C(C(=O)OCC(C)C)C2C=CC1CC2. The molecule has 0 radical (unpaired) electrons. The predicted octanol–water partition coefficient (Wildman–Crippen LogP) is 3.28. The molecule has 0 aromatic heterocycles. The summed E-state index contributed by atoms with van der Waals surface area (Å²) in [6.07, 6.45) is 5.85. The summed E-state index contributed by atoms with van der Waals surface area (Å²) in [6, 6.07) is 0. The summed E-state index contributed by atoms with van der Waals surface area (Å²) < 4.78 is 10.7. The van der Waals surface area contributed by atoms with Crippen LogP contribution in [0.5, 0.6) is 0 Å². The van der Waals surface area contributed by atoms with Crippen molar-refractivity contribution in [1.82, 2.24) is 0 Å². The van der Waals surface area contributed by atoms with Crippen molar-refractivity contribution in [2.45, 2.75) is 40.5 Å². The maximum absolute atomic E-state index is 12.4. The highest BCUT2D eigenvalue weighted by molar-refractivity contribution is 6.02. The van der Waals surface area contributed by atoms with Crippen LogP contribution >= 0.6 is 0 Å². The first-order valence-electron chi connectivity index (χ1n) is 8.16. The van der Waals surface area contributed by atoms with Crippen LogP contribution in [0.15, 0.2) is 23.3 Å². The Morgan fingerprint density at radius 1 is 0.909 bits per heavy atom. The molecule has 0 heterocycles. The minimum absolute atomic E-state index is 0.00809. The van der Waals surface area contributed by atoms with Gasteiger partial charge >= 0.3 is 11.9 Å². The molecule has 0 saturated heterocycles. The molecule has 2 bridgehead atoms. The average molecular weight is 306 g/mol. The number of rotatable bonds is 6. The van der Waals surface area contributed by atoms with Crippen LogP contribution in [0.4, 0.5) is 0 Å². The molecule has 4 nitrogen and oxygen atoms in total. The molecule has 2 unspecified atom stereocenters. The molecule has 3 rings (SSSR count). The van der Waals surface area contributed by atoms with Crippen molar-refractivity contribution >= 4 is 11.9 Å². The molecule has 0 aromatic carbocycles. The van der Waals surface area contributed by atoms with Gasteiger partial charge in [-0.1, -0.05) is 39.8 Å². The van der Waals surface area contributed by atoms with E-state index in [0.717, 1.165) is 12.8 Å². The van der Waals surface area contributed by atoms with E-state index in [1.165, 1.54) is 0 Å². The number of carbonyl (C=O) groups excluding carboxylic acids is 2. The van der Waals surface area contributed by atoms with Gasteiger partial charge in [-0.2, -0.15) is 0 Å². The van der Waals surface area contributed by atoms with Gasteiger partial charge in [-0.25, -0.2) is 9.59 Å². The molecule has 3 aliphatic rings. The van der Waals surface area contributed by atoms with Gasteiger partial charge < -0.3 is 9.47 Å². The number of fused-ring (bicyclic) bond motifs is 1. The molecule has 122 valence electrons. The lowest BCUT2D eigenvalue weighted by Crippen LogP contribution is -2.32. The Kier molecular flexibility index (Phi) is 5.43. The fourth-order valence-electron chi connectivity index (χ4n) is 2.86. The maximum atomic E-state index is 12.4. The Balaban J connectivity index is 2.20. The number of hydrogen-bond acceptors (Lipinski definition) is 4. The van der Waals surface area contributed by atoms with Crippen LogP contribution < -0.4 is 0 Å². The largest absolute Gasteiger partial charge is 0.462 e. The molecule has 0 saturated carbocycles. The minimum Gasteiger partial charge on any atom is -0.462 e. The third kappa shape index (κ3) is 3.79. The van der Waals surface area contributed by atoms with Crippen LogP contribution in [0.3, 0.4) is 0 Å². The fraction of sp³-hybridized carbons (Fsp3) is 0.667. The van der Waals surface area contributed by atoms with Gasteiger partial charge in [-0.05, 0) is 24.7 Å². The van der Waals surface area contributed by atoms with Crippen molar-refractivity contribution in [3.05, 3.63) is 23.3 Å². The Hall–Kier alpha value is -1.58. The number of esters is 2. The second kappa shape index (κ2) is 7.12. The smallest absolute Gasteiger partial charge is 0.335 e. The molecule has 0 aromatic rings. The van der Waals surface area contributed by atoms with E-state index in [0.29, 0.717) is 24.4 Å². The first-order chi connectivity index (χ1) is 10.4. The zero-order valence-corrected chi connectivity index (χ0v) is 13.9. The third-order valence-corrected chi connectivity index (χ3v) is 3.93. The summed E-state index contributed by atoms with van der Waals surface area (Å²) in [5.41, 5.74) is 1.04. The minimum atomic E-state index is -0.357. The second-order valence-corrected chi connectivity index (χ2v) is 6.99. The van der Waals surface area contributed by atoms with E-state index in [9.17, 15) is 9.59 Å². The first-order valence-corrected chi connectivity index (χ1v) is 8.16. The fourth-order valence-corrected chi connectivity index (χ4v) is 2.86. The van der Waals surface area contributed by atoms with Crippen LogP contribution in [-0.2, 0) is 19.1 Å². The van der Waals surface area contributed by atoms with Crippen molar-refractivity contribution in [3.8, 4) is 0 Å². The van der Waals surface area contributed by atoms with E-state index in [-0.39, 0.29) is 35.6 Å². The van der Waals surface area contributed by atoms with Crippen LogP contribution in [0.1, 0.15) is 40.5 Å². The van der Waals surface area contributed by atoms with E-state index in [1.54, 1.807) is 0 Å². The van der Waals surface area contributed by atoms with Gasteiger partial charge in [0.05, 0.1) is 24.4 Å². The lowest BCUT2D eigenvalue weighted by Gasteiger charge is -2.33. The average Bonchev–Trinajstić information content (AvgIpc) is 2.50. The quantitative estimate of drug-likeness (QED) is 0.558. The number of carbonyl (C=O) groups is 2. The summed E-state index contributed by atoms with van der Waals surface area (Å²) >= 11 is 0. The number of hydrogen-bond donors (Lipinski definition) is 0. The topological polar surface area (TPSA) is 52.6 Å². The Labute approximate surface area is 132 Å². The van der Waals surface area contributed by atoms with E-state index in [2.05, 4.69) is 0 Å². The van der Waals surface area contributed by atoms with Gasteiger partial charge in [-0.3, -0.25) is 0 Å². The van der Waals surface area contributed by atoms with Gasteiger partial charge in [0.25, 0.3) is 0 Å². The van der Waals surface area contributed by atoms with Crippen molar-refractivity contribution < 1.29 is 19.1 Å². The second-order valence-electron chi connectivity index (χ2n) is 6.99. The van der Waals surface area contributed by atoms with Crippen molar-refractivity contribution in [3.63, 3.8) is 0 Å². The summed E-state index contributed by atoms with van der Waals surface area (Å²) in [7, 11) is 0. The highest BCUT2D eigenvalue weighted by Gasteiger charge is 2.39. The van der Waals surface area contributed by atoms with Crippen LogP contribution in [-0.4, -0.2) is 25.2 Å². The Bertz CT molecular complexity index is 455. The van der Waals surface area contributed by atoms with Gasteiger partial charge in [0.2, 0.25) is 0 Å². The predicted molar refractivity (Wildman–Crippen MR) is 84.0 cm³/mol. The van der Waals surface area contributed by atoms with Crippen LogP contribution in [0.25, 0.3) is 0 Å². The first kappa shape index (κ1) is 16.8. The van der Waals surface area contributed by atoms with Gasteiger partial charge in [0.1, 0.15) is 0 Å². The molecule has 0 amide bonds. The van der Waals surface area contributed by atoms with Gasteiger partial charge in [-0.15, -0.1) is 0 Å². The zero-order valence-electron chi connectivity index (χ0n) is 13.9. The van der Waals surface area contributed by atoms with E-state index in [4.69, 9.17) is 9.47 Å².